The van der Waals surface area contributed by atoms with Gasteiger partial charge in [0.2, 0.25) is 0 Å². The van der Waals surface area contributed by atoms with Crippen LogP contribution in [0, 0.1) is 0 Å². The minimum absolute atomic E-state index is 0.0715. The Bertz CT molecular complexity index is 977. The molecule has 0 bridgehead atoms. The van der Waals surface area contributed by atoms with Crippen LogP contribution < -0.4 is 11.1 Å². The molecule has 26 heavy (non-hydrogen) atoms. The van der Waals surface area contributed by atoms with Gasteiger partial charge >= 0.3 is 0 Å². The fourth-order valence-electron chi connectivity index (χ4n) is 3.13. The fraction of sp³-hybridized carbons (Fsp3) is 0.333. The van der Waals surface area contributed by atoms with Gasteiger partial charge in [-0.05, 0) is 49.4 Å². The second-order valence-electron chi connectivity index (χ2n) is 6.39. The molecule has 6 nitrogen and oxygen atoms in total. The van der Waals surface area contributed by atoms with Crippen molar-refractivity contribution < 1.29 is 18.0 Å². The average Bonchev–Trinajstić information content (AvgIpc) is 2.75. The van der Waals surface area contributed by atoms with Crippen LogP contribution in [-0.4, -0.2) is 26.5 Å². The van der Waals surface area contributed by atoms with Gasteiger partial charge in [-0.15, -0.1) is 11.3 Å². The number of nitrogens with two attached hydrogens (primary N) is 1. The van der Waals surface area contributed by atoms with Gasteiger partial charge in [-0.25, -0.2) is 8.42 Å². The zero-order valence-electron chi connectivity index (χ0n) is 14.4. The summed E-state index contributed by atoms with van der Waals surface area (Å²) in [7, 11) is -3.41. The van der Waals surface area contributed by atoms with Crippen molar-refractivity contribution in [2.45, 2.75) is 37.0 Å². The van der Waals surface area contributed by atoms with Crippen molar-refractivity contribution in [2.75, 3.05) is 11.6 Å². The van der Waals surface area contributed by atoms with Crippen LogP contribution >= 0.6 is 11.3 Å². The smallest absolute Gasteiger partial charge is 0.256 e. The molecular formula is C18H20N2O4S2. The quantitative estimate of drug-likeness (QED) is 0.780. The van der Waals surface area contributed by atoms with Gasteiger partial charge in [-0.3, -0.25) is 9.59 Å². The molecule has 0 atom stereocenters. The highest BCUT2D eigenvalue weighted by Crippen LogP contribution is 2.37. The molecule has 0 saturated heterocycles. The fourth-order valence-corrected chi connectivity index (χ4v) is 5.09. The van der Waals surface area contributed by atoms with E-state index in [0.717, 1.165) is 48.8 Å². The number of carbonyl (C=O) groups is 2. The van der Waals surface area contributed by atoms with Crippen molar-refractivity contribution in [3.8, 4) is 0 Å². The van der Waals surface area contributed by atoms with Crippen molar-refractivity contribution in [1.29, 1.82) is 0 Å². The molecule has 8 heteroatoms. The number of hydrogen-bond acceptors (Lipinski definition) is 5. The molecule has 3 N–H and O–H groups in total. The summed E-state index contributed by atoms with van der Waals surface area (Å²) in [6, 6.07) is 5.82. The lowest BCUT2D eigenvalue weighted by Crippen LogP contribution is -2.18. The summed E-state index contributed by atoms with van der Waals surface area (Å²) >= 11 is 1.39. The highest BCUT2D eigenvalue weighted by molar-refractivity contribution is 7.90. The van der Waals surface area contributed by atoms with Crippen LogP contribution in [0.25, 0.3) is 0 Å². The molecule has 1 heterocycles. The number of anilines is 1. The van der Waals surface area contributed by atoms with Gasteiger partial charge in [-0.2, -0.15) is 0 Å². The molecule has 2 amide bonds. The zero-order chi connectivity index (χ0) is 18.9. The SMILES string of the molecule is CS(=O)(=O)c1cccc(C(=O)Nc2sc3c(c2C(N)=O)CCCCC3)c1. The normalized spacial score (nSPS) is 14.3. The van der Waals surface area contributed by atoms with Gasteiger partial charge in [0.25, 0.3) is 11.8 Å². The maximum atomic E-state index is 12.6. The van der Waals surface area contributed by atoms with Crippen molar-refractivity contribution in [2.24, 2.45) is 5.73 Å². The van der Waals surface area contributed by atoms with Crippen LogP contribution in [0.5, 0.6) is 0 Å². The Hall–Kier alpha value is -2.19. The third kappa shape index (κ3) is 3.81. The zero-order valence-corrected chi connectivity index (χ0v) is 16.0. The third-order valence-corrected chi connectivity index (χ3v) is 6.74. The molecule has 138 valence electrons. The largest absolute Gasteiger partial charge is 0.365 e. The second kappa shape index (κ2) is 7.20. The first-order valence-corrected chi connectivity index (χ1v) is 11.0. The van der Waals surface area contributed by atoms with Crippen LogP contribution in [0.2, 0.25) is 0 Å². The van der Waals surface area contributed by atoms with Crippen LogP contribution in [0.1, 0.15) is 50.4 Å². The molecule has 1 aliphatic carbocycles. The highest BCUT2D eigenvalue weighted by Gasteiger charge is 2.24. The predicted molar refractivity (Wildman–Crippen MR) is 102 cm³/mol. The van der Waals surface area contributed by atoms with E-state index < -0.39 is 21.7 Å². The number of carbonyl (C=O) groups excluding carboxylic acids is 2. The van der Waals surface area contributed by atoms with E-state index in [1.54, 1.807) is 0 Å². The molecular weight excluding hydrogens is 372 g/mol. The van der Waals surface area contributed by atoms with E-state index in [4.69, 9.17) is 5.73 Å². The number of amides is 2. The molecule has 0 fully saturated rings. The standard InChI is InChI=1S/C18H20N2O4S2/c1-26(23,24)12-7-5-6-11(10-12)17(22)20-18-15(16(19)21)13-8-3-2-4-9-14(13)25-18/h5-7,10H,2-4,8-9H2,1H3,(H2,19,21)(H,20,22). The van der Waals surface area contributed by atoms with Crippen molar-refractivity contribution in [3.05, 3.63) is 45.8 Å². The first kappa shape index (κ1) is 18.6. The van der Waals surface area contributed by atoms with Gasteiger partial charge in [0.05, 0.1) is 10.5 Å². The van der Waals surface area contributed by atoms with Crippen molar-refractivity contribution >= 4 is 38.0 Å². The molecule has 0 radical (unpaired) electrons. The van der Waals surface area contributed by atoms with Gasteiger partial charge in [0.1, 0.15) is 5.00 Å². The Morgan fingerprint density at radius 2 is 1.88 bits per heavy atom. The molecule has 0 unspecified atom stereocenters. The minimum Gasteiger partial charge on any atom is -0.365 e. The highest BCUT2D eigenvalue weighted by atomic mass is 32.2. The van der Waals surface area contributed by atoms with E-state index in [1.165, 1.54) is 35.6 Å². The number of benzene rings is 1. The molecule has 0 spiro atoms. The molecule has 0 aliphatic heterocycles. The monoisotopic (exact) mass is 392 g/mol. The van der Waals surface area contributed by atoms with E-state index in [0.29, 0.717) is 10.6 Å². The average molecular weight is 393 g/mol. The summed E-state index contributed by atoms with van der Waals surface area (Å²) in [5.41, 5.74) is 7.11. The number of rotatable bonds is 4. The van der Waals surface area contributed by atoms with E-state index in [-0.39, 0.29) is 10.5 Å². The third-order valence-electron chi connectivity index (χ3n) is 4.42. The van der Waals surface area contributed by atoms with Gasteiger partial charge in [-0.1, -0.05) is 12.5 Å². The van der Waals surface area contributed by atoms with Gasteiger partial charge in [0.15, 0.2) is 9.84 Å². The number of primary amides is 1. The number of nitrogens with one attached hydrogen (secondary N) is 1. The molecule has 1 aromatic heterocycles. The molecule has 1 aliphatic rings. The van der Waals surface area contributed by atoms with E-state index >= 15 is 0 Å². The number of thiophene rings is 1. The van der Waals surface area contributed by atoms with Crippen molar-refractivity contribution in [3.63, 3.8) is 0 Å². The first-order valence-electron chi connectivity index (χ1n) is 8.33. The van der Waals surface area contributed by atoms with Crippen molar-refractivity contribution in [1.82, 2.24) is 0 Å². The Labute approximate surface area is 156 Å². The maximum absolute atomic E-state index is 12.6. The second-order valence-corrected chi connectivity index (χ2v) is 9.51. The topological polar surface area (TPSA) is 106 Å². The lowest BCUT2D eigenvalue weighted by atomic mass is 10.1. The van der Waals surface area contributed by atoms with E-state index in [2.05, 4.69) is 5.32 Å². The summed E-state index contributed by atoms with van der Waals surface area (Å²) in [6.07, 6.45) is 5.90. The lowest BCUT2D eigenvalue weighted by molar-refractivity contribution is 0.100. The summed E-state index contributed by atoms with van der Waals surface area (Å²) in [4.78, 5) is 25.7. The Morgan fingerprint density at radius 3 is 2.58 bits per heavy atom. The summed E-state index contributed by atoms with van der Waals surface area (Å²) < 4.78 is 23.4. The van der Waals surface area contributed by atoms with Crippen LogP contribution in [-0.2, 0) is 22.7 Å². The maximum Gasteiger partial charge on any atom is 0.256 e. The Kier molecular flexibility index (Phi) is 5.15. The van der Waals surface area contributed by atoms with Gasteiger partial charge < -0.3 is 11.1 Å². The molecule has 3 rings (SSSR count). The summed E-state index contributed by atoms with van der Waals surface area (Å²) in [5.74, 6) is -1.01. The molecule has 2 aromatic rings. The van der Waals surface area contributed by atoms with E-state index in [1.807, 2.05) is 0 Å². The summed E-state index contributed by atoms with van der Waals surface area (Å²) in [6.45, 7) is 0. The number of hydrogen-bond donors (Lipinski definition) is 2. The summed E-state index contributed by atoms with van der Waals surface area (Å²) in [5, 5.41) is 3.19. The lowest BCUT2D eigenvalue weighted by Gasteiger charge is -2.07. The van der Waals surface area contributed by atoms with Crippen LogP contribution in [0.4, 0.5) is 5.00 Å². The van der Waals surface area contributed by atoms with Crippen LogP contribution in [0.3, 0.4) is 0 Å². The van der Waals surface area contributed by atoms with Gasteiger partial charge in [0, 0.05) is 16.7 Å². The van der Waals surface area contributed by atoms with Crippen LogP contribution in [0.15, 0.2) is 29.2 Å². The minimum atomic E-state index is -3.41. The molecule has 0 saturated carbocycles. The molecule has 1 aromatic carbocycles. The number of fused-ring (bicyclic) bond motifs is 1. The Balaban J connectivity index is 1.94. The first-order chi connectivity index (χ1) is 12.3. The number of aryl methyl sites for hydroxylation is 1. The number of sulfone groups is 1. The Morgan fingerprint density at radius 1 is 1.15 bits per heavy atom. The van der Waals surface area contributed by atoms with E-state index in [9.17, 15) is 18.0 Å². The predicted octanol–water partition coefficient (Wildman–Crippen LogP) is 2.77.